The first-order chi connectivity index (χ1) is 9.10. The van der Waals surface area contributed by atoms with Crippen molar-refractivity contribution in [3.63, 3.8) is 0 Å². The summed E-state index contributed by atoms with van der Waals surface area (Å²) in [5, 5.41) is 11.7. The second-order valence-corrected chi connectivity index (χ2v) is 4.84. The van der Waals surface area contributed by atoms with E-state index >= 15 is 0 Å². The van der Waals surface area contributed by atoms with Gasteiger partial charge in [0, 0.05) is 10.2 Å². The maximum Gasteiger partial charge on any atom is 0.274 e. The lowest BCUT2D eigenvalue weighted by atomic mass is 10.2. The molecule has 0 saturated carbocycles. The van der Waals surface area contributed by atoms with Crippen molar-refractivity contribution in [1.82, 2.24) is 4.98 Å². The second-order valence-electron chi connectivity index (χ2n) is 3.92. The van der Waals surface area contributed by atoms with Crippen molar-refractivity contribution in [2.75, 3.05) is 5.32 Å². The van der Waals surface area contributed by atoms with Crippen molar-refractivity contribution in [1.29, 1.82) is 5.26 Å². The summed E-state index contributed by atoms with van der Waals surface area (Å²) in [5.41, 5.74) is 1.96. The molecule has 1 heterocycles. The largest absolute Gasteiger partial charge is 0.319 e. The molecule has 0 unspecified atom stereocenters. The van der Waals surface area contributed by atoms with Gasteiger partial charge in [-0.3, -0.25) is 4.79 Å². The number of pyridine rings is 1. The van der Waals surface area contributed by atoms with Gasteiger partial charge in [0.05, 0.1) is 11.3 Å². The van der Waals surface area contributed by atoms with Gasteiger partial charge in [-0.15, -0.1) is 0 Å². The lowest BCUT2D eigenvalue weighted by molar-refractivity contribution is 0.102. The van der Waals surface area contributed by atoms with Gasteiger partial charge in [-0.25, -0.2) is 4.98 Å². The van der Waals surface area contributed by atoms with Gasteiger partial charge in [0.25, 0.3) is 5.91 Å². The summed E-state index contributed by atoms with van der Waals surface area (Å²) in [6.45, 7) is 1.82. The summed E-state index contributed by atoms with van der Waals surface area (Å²) in [5.74, 6) is -0.331. The monoisotopic (exact) mass is 315 g/mol. The van der Waals surface area contributed by atoms with Crippen LogP contribution in [0, 0.1) is 18.3 Å². The maximum atomic E-state index is 12.0. The number of nitriles is 1. The molecule has 19 heavy (non-hydrogen) atoms. The molecule has 4 nitrogen and oxygen atoms in total. The van der Waals surface area contributed by atoms with E-state index in [4.69, 9.17) is 5.26 Å². The number of benzene rings is 1. The number of aryl methyl sites for hydroxylation is 1. The summed E-state index contributed by atoms with van der Waals surface area (Å²) in [6, 6.07) is 12.3. The molecule has 0 saturated heterocycles. The van der Waals surface area contributed by atoms with E-state index < -0.39 is 0 Å². The maximum absolute atomic E-state index is 12.0. The average molecular weight is 316 g/mol. The van der Waals surface area contributed by atoms with Crippen LogP contribution in [0.25, 0.3) is 0 Å². The number of nitrogens with zero attached hydrogens (tertiary/aromatic N) is 2. The molecule has 0 fully saturated rings. The summed E-state index contributed by atoms with van der Waals surface area (Å²) >= 11 is 3.28. The number of hydrogen-bond acceptors (Lipinski definition) is 3. The number of carbonyl (C=O) groups excluding carboxylic acids is 1. The normalized spacial score (nSPS) is 9.74. The number of nitrogens with one attached hydrogen (secondary N) is 1. The number of anilines is 1. The molecule has 0 radical (unpaired) electrons. The molecule has 0 spiro atoms. The number of rotatable bonds is 2. The fraction of sp³-hybridized carbons (Fsp3) is 0.0714. The van der Waals surface area contributed by atoms with E-state index in [0.29, 0.717) is 16.9 Å². The highest BCUT2D eigenvalue weighted by atomic mass is 79.9. The summed E-state index contributed by atoms with van der Waals surface area (Å²) in [7, 11) is 0. The fourth-order valence-corrected chi connectivity index (χ4v) is 1.93. The lowest BCUT2D eigenvalue weighted by Gasteiger charge is -2.07. The van der Waals surface area contributed by atoms with Crippen LogP contribution in [0.2, 0.25) is 0 Å². The first kappa shape index (κ1) is 13.2. The van der Waals surface area contributed by atoms with Crippen LogP contribution in [0.15, 0.2) is 40.9 Å². The Morgan fingerprint density at radius 2 is 2.16 bits per heavy atom. The summed E-state index contributed by atoms with van der Waals surface area (Å²) in [4.78, 5) is 16.2. The zero-order chi connectivity index (χ0) is 13.8. The van der Waals surface area contributed by atoms with Crippen LogP contribution < -0.4 is 5.32 Å². The minimum absolute atomic E-state index is 0.326. The van der Waals surface area contributed by atoms with E-state index in [1.54, 1.807) is 30.3 Å². The van der Waals surface area contributed by atoms with Gasteiger partial charge in [0.2, 0.25) is 0 Å². The molecule has 2 rings (SSSR count). The van der Waals surface area contributed by atoms with E-state index in [1.165, 1.54) is 0 Å². The second kappa shape index (κ2) is 5.63. The number of hydrogen-bond donors (Lipinski definition) is 1. The average Bonchev–Trinajstić information content (AvgIpc) is 2.40. The van der Waals surface area contributed by atoms with Crippen LogP contribution in [0.5, 0.6) is 0 Å². The molecule has 0 aliphatic rings. The predicted octanol–water partition coefficient (Wildman–Crippen LogP) is 3.28. The van der Waals surface area contributed by atoms with Crippen LogP contribution in [0.3, 0.4) is 0 Å². The van der Waals surface area contributed by atoms with Gasteiger partial charge in [-0.2, -0.15) is 5.26 Å². The predicted molar refractivity (Wildman–Crippen MR) is 75.8 cm³/mol. The molecule has 0 atom stereocenters. The fourth-order valence-electron chi connectivity index (χ4n) is 1.57. The molecule has 2 aromatic rings. The van der Waals surface area contributed by atoms with Crippen molar-refractivity contribution < 1.29 is 4.79 Å². The van der Waals surface area contributed by atoms with Crippen LogP contribution in [-0.4, -0.2) is 10.9 Å². The third-order valence-corrected chi connectivity index (χ3v) is 2.96. The molecule has 0 aliphatic carbocycles. The van der Waals surface area contributed by atoms with E-state index in [-0.39, 0.29) is 5.91 Å². The first-order valence-electron chi connectivity index (χ1n) is 5.55. The zero-order valence-corrected chi connectivity index (χ0v) is 11.7. The summed E-state index contributed by atoms with van der Waals surface area (Å²) < 4.78 is 0.788. The molecule has 0 bridgehead atoms. The molecule has 1 aromatic heterocycles. The van der Waals surface area contributed by atoms with Gasteiger partial charge >= 0.3 is 0 Å². The molecular weight excluding hydrogens is 306 g/mol. The third kappa shape index (κ3) is 3.18. The zero-order valence-electron chi connectivity index (χ0n) is 10.1. The first-order valence-corrected chi connectivity index (χ1v) is 6.34. The Hall–Kier alpha value is -2.19. The molecule has 94 valence electrons. The Morgan fingerprint density at radius 3 is 2.84 bits per heavy atom. The van der Waals surface area contributed by atoms with Crippen LogP contribution in [-0.2, 0) is 0 Å². The van der Waals surface area contributed by atoms with Crippen molar-refractivity contribution >= 4 is 27.5 Å². The van der Waals surface area contributed by atoms with E-state index in [2.05, 4.69) is 26.2 Å². The highest BCUT2D eigenvalue weighted by Crippen LogP contribution is 2.20. The Kier molecular flexibility index (Phi) is 3.93. The Labute approximate surface area is 119 Å². The van der Waals surface area contributed by atoms with Gasteiger partial charge < -0.3 is 5.32 Å². The molecule has 0 aliphatic heterocycles. The SMILES string of the molecule is Cc1cccc(C(=O)Nc2ccc(Br)cc2C#N)n1. The van der Waals surface area contributed by atoms with Gasteiger partial charge in [-0.1, -0.05) is 22.0 Å². The Morgan fingerprint density at radius 1 is 1.37 bits per heavy atom. The third-order valence-electron chi connectivity index (χ3n) is 2.47. The standard InChI is InChI=1S/C14H10BrN3O/c1-9-3-2-4-13(17-9)14(19)18-12-6-5-11(15)7-10(12)8-16/h2-7H,1H3,(H,18,19). The lowest BCUT2D eigenvalue weighted by Crippen LogP contribution is -2.14. The minimum Gasteiger partial charge on any atom is -0.319 e. The van der Waals surface area contributed by atoms with Crippen molar-refractivity contribution in [2.45, 2.75) is 6.92 Å². The Balaban J connectivity index is 2.27. The topological polar surface area (TPSA) is 65.8 Å². The Bertz CT molecular complexity index is 677. The van der Waals surface area contributed by atoms with Crippen molar-refractivity contribution in [2.24, 2.45) is 0 Å². The number of amides is 1. The van der Waals surface area contributed by atoms with Crippen LogP contribution in [0.4, 0.5) is 5.69 Å². The van der Waals surface area contributed by atoms with Crippen LogP contribution in [0.1, 0.15) is 21.7 Å². The van der Waals surface area contributed by atoms with Gasteiger partial charge in [0.15, 0.2) is 0 Å². The molecule has 5 heteroatoms. The molecule has 1 amide bonds. The number of aromatic nitrogens is 1. The van der Waals surface area contributed by atoms with E-state index in [0.717, 1.165) is 10.2 Å². The molecule has 1 N–H and O–H groups in total. The number of halogens is 1. The highest BCUT2D eigenvalue weighted by Gasteiger charge is 2.10. The smallest absolute Gasteiger partial charge is 0.274 e. The minimum atomic E-state index is -0.331. The van der Waals surface area contributed by atoms with E-state index in [1.807, 2.05) is 19.1 Å². The summed E-state index contributed by atoms with van der Waals surface area (Å²) in [6.07, 6.45) is 0. The van der Waals surface area contributed by atoms with Gasteiger partial charge in [0.1, 0.15) is 11.8 Å². The molecule has 1 aromatic carbocycles. The quantitative estimate of drug-likeness (QED) is 0.924. The van der Waals surface area contributed by atoms with E-state index in [9.17, 15) is 4.79 Å². The van der Waals surface area contributed by atoms with Crippen LogP contribution >= 0.6 is 15.9 Å². The number of carbonyl (C=O) groups is 1. The van der Waals surface area contributed by atoms with Crippen molar-refractivity contribution in [3.05, 3.63) is 57.8 Å². The van der Waals surface area contributed by atoms with Crippen molar-refractivity contribution in [3.8, 4) is 6.07 Å². The molecular formula is C14H10BrN3O. The van der Waals surface area contributed by atoms with Gasteiger partial charge in [-0.05, 0) is 37.3 Å². The highest BCUT2D eigenvalue weighted by molar-refractivity contribution is 9.10.